The van der Waals surface area contributed by atoms with E-state index >= 15 is 0 Å². The number of ketones is 1. The molecule has 1 aliphatic heterocycles. The van der Waals surface area contributed by atoms with E-state index < -0.39 is 11.5 Å². The number of rotatable bonds is 4. The second-order valence-corrected chi connectivity index (χ2v) is 7.94. The van der Waals surface area contributed by atoms with Crippen molar-refractivity contribution in [3.63, 3.8) is 0 Å². The van der Waals surface area contributed by atoms with E-state index in [1.165, 1.54) is 17.5 Å². The van der Waals surface area contributed by atoms with Crippen molar-refractivity contribution in [2.24, 2.45) is 0 Å². The minimum atomic E-state index is -1.80. The van der Waals surface area contributed by atoms with Gasteiger partial charge >= 0.3 is 0 Å². The zero-order valence-electron chi connectivity index (χ0n) is 15.9. The first-order valence-corrected chi connectivity index (χ1v) is 9.72. The number of anilines is 1. The molecule has 4 heteroatoms. The lowest BCUT2D eigenvalue weighted by molar-refractivity contribution is -0.136. The first kappa shape index (κ1) is 17.9. The van der Waals surface area contributed by atoms with Crippen LogP contribution in [0.1, 0.15) is 60.2 Å². The summed E-state index contributed by atoms with van der Waals surface area (Å²) >= 11 is 0. The minimum Gasteiger partial charge on any atom is -0.375 e. The topological polar surface area (TPSA) is 57.6 Å². The zero-order chi connectivity index (χ0) is 19.2. The van der Waals surface area contributed by atoms with Gasteiger partial charge in [-0.15, -0.1) is 0 Å². The first-order chi connectivity index (χ1) is 12.9. The number of carbonyl (C=O) groups is 2. The summed E-state index contributed by atoms with van der Waals surface area (Å²) in [6.07, 6.45) is 4.15. The molecule has 1 N–H and O–H groups in total. The number of hydrogen-bond donors (Lipinski definition) is 1. The number of hydrogen-bond acceptors (Lipinski definition) is 3. The number of nitrogens with zero attached hydrogens (tertiary/aromatic N) is 1. The highest BCUT2D eigenvalue weighted by Gasteiger charge is 2.51. The Kier molecular flexibility index (Phi) is 4.39. The fourth-order valence-corrected chi connectivity index (χ4v) is 4.38. The molecule has 27 heavy (non-hydrogen) atoms. The van der Waals surface area contributed by atoms with Crippen LogP contribution in [-0.4, -0.2) is 22.8 Å². The van der Waals surface area contributed by atoms with Crippen molar-refractivity contribution in [2.75, 3.05) is 4.90 Å². The lowest BCUT2D eigenvalue weighted by atomic mass is 9.85. The maximum atomic E-state index is 13.0. The van der Waals surface area contributed by atoms with Crippen LogP contribution in [0.2, 0.25) is 0 Å². The van der Waals surface area contributed by atoms with Gasteiger partial charge in [0.1, 0.15) is 0 Å². The van der Waals surface area contributed by atoms with Gasteiger partial charge in [-0.1, -0.05) is 30.3 Å². The van der Waals surface area contributed by atoms with Gasteiger partial charge in [0.05, 0.1) is 12.1 Å². The van der Waals surface area contributed by atoms with Gasteiger partial charge in [-0.05, 0) is 62.8 Å². The lowest BCUT2D eigenvalue weighted by Gasteiger charge is -2.25. The van der Waals surface area contributed by atoms with Gasteiger partial charge < -0.3 is 10.0 Å². The summed E-state index contributed by atoms with van der Waals surface area (Å²) in [4.78, 5) is 27.6. The number of aliphatic hydroxyl groups is 1. The highest BCUT2D eigenvalue weighted by molar-refractivity contribution is 6.11. The molecule has 1 aliphatic carbocycles. The summed E-state index contributed by atoms with van der Waals surface area (Å²) in [5.41, 5.74) is 2.53. The van der Waals surface area contributed by atoms with Crippen molar-refractivity contribution in [2.45, 2.75) is 57.6 Å². The molecule has 0 radical (unpaired) electrons. The third kappa shape index (κ3) is 2.88. The molecule has 140 valence electrons. The second-order valence-electron chi connectivity index (χ2n) is 7.94. The van der Waals surface area contributed by atoms with E-state index in [-0.39, 0.29) is 18.2 Å². The van der Waals surface area contributed by atoms with Crippen LogP contribution < -0.4 is 4.90 Å². The summed E-state index contributed by atoms with van der Waals surface area (Å²) in [6.45, 7) is 3.82. The monoisotopic (exact) mass is 363 g/mol. The molecule has 0 saturated heterocycles. The maximum absolute atomic E-state index is 13.0. The Hall–Kier alpha value is -2.46. The van der Waals surface area contributed by atoms with Crippen molar-refractivity contribution in [3.8, 4) is 0 Å². The molecule has 1 heterocycles. The summed E-state index contributed by atoms with van der Waals surface area (Å²) < 4.78 is 0. The molecule has 0 unspecified atom stereocenters. The number of amides is 1. The number of fused-ring (bicyclic) bond motifs is 2. The smallest absolute Gasteiger partial charge is 0.264 e. The fourth-order valence-electron chi connectivity index (χ4n) is 4.38. The summed E-state index contributed by atoms with van der Waals surface area (Å²) in [5, 5.41) is 11.3. The largest absolute Gasteiger partial charge is 0.375 e. The summed E-state index contributed by atoms with van der Waals surface area (Å²) in [5.74, 6) is -0.607. The van der Waals surface area contributed by atoms with Gasteiger partial charge in [0.15, 0.2) is 11.4 Å². The quantitative estimate of drug-likeness (QED) is 0.841. The average molecular weight is 363 g/mol. The average Bonchev–Trinajstić information content (AvgIpc) is 2.89. The molecule has 0 fully saturated rings. The van der Waals surface area contributed by atoms with Crippen LogP contribution in [0.15, 0.2) is 42.5 Å². The molecule has 4 rings (SSSR count). The van der Waals surface area contributed by atoms with Crippen LogP contribution in [0.3, 0.4) is 0 Å². The molecule has 2 aliphatic rings. The third-order valence-corrected chi connectivity index (χ3v) is 5.79. The van der Waals surface area contributed by atoms with Crippen LogP contribution in [-0.2, 0) is 23.2 Å². The van der Waals surface area contributed by atoms with Crippen molar-refractivity contribution < 1.29 is 14.7 Å². The molecule has 0 spiro atoms. The summed E-state index contributed by atoms with van der Waals surface area (Å²) in [7, 11) is 0. The van der Waals surface area contributed by atoms with Gasteiger partial charge in [-0.25, -0.2) is 0 Å². The number of para-hydroxylation sites is 1. The molecule has 2 aromatic carbocycles. The summed E-state index contributed by atoms with van der Waals surface area (Å²) in [6, 6.07) is 12.9. The number of benzene rings is 2. The molecule has 0 saturated carbocycles. The van der Waals surface area contributed by atoms with E-state index in [1.807, 2.05) is 44.2 Å². The van der Waals surface area contributed by atoms with Crippen LogP contribution >= 0.6 is 0 Å². The van der Waals surface area contributed by atoms with E-state index in [0.29, 0.717) is 16.8 Å². The molecule has 1 atom stereocenters. The van der Waals surface area contributed by atoms with Crippen molar-refractivity contribution in [1.82, 2.24) is 0 Å². The Bertz CT molecular complexity index is 918. The molecule has 2 aromatic rings. The molecule has 0 aromatic heterocycles. The standard InChI is InChI=1S/C23H25NO3/c1-15(2)24-20-10-6-5-9-19(20)23(27,22(24)26)14-21(25)18-12-11-16-7-3-4-8-17(16)13-18/h5-6,9-13,15,27H,3-4,7-8,14H2,1-2H3/t23-/m1/s1. The molecule has 4 nitrogen and oxygen atoms in total. The number of aryl methyl sites for hydroxylation is 2. The van der Waals surface area contributed by atoms with Gasteiger partial charge in [0.25, 0.3) is 5.91 Å². The number of Topliss-reactive ketones (excluding diaryl/α,β-unsaturated/α-hetero) is 1. The van der Waals surface area contributed by atoms with Crippen LogP contribution in [0.25, 0.3) is 0 Å². The molecule has 1 amide bonds. The lowest BCUT2D eigenvalue weighted by Crippen LogP contribution is -2.44. The Morgan fingerprint density at radius 2 is 1.81 bits per heavy atom. The highest BCUT2D eigenvalue weighted by atomic mass is 16.3. The predicted octanol–water partition coefficient (Wildman–Crippen LogP) is 3.78. The Morgan fingerprint density at radius 1 is 1.11 bits per heavy atom. The third-order valence-electron chi connectivity index (χ3n) is 5.79. The van der Waals surface area contributed by atoms with Crippen molar-refractivity contribution in [1.29, 1.82) is 0 Å². The fraction of sp³-hybridized carbons (Fsp3) is 0.391. The predicted molar refractivity (Wildman–Crippen MR) is 105 cm³/mol. The van der Waals surface area contributed by atoms with Gasteiger partial charge in [0.2, 0.25) is 0 Å². The highest BCUT2D eigenvalue weighted by Crippen LogP contribution is 2.43. The molecular formula is C23H25NO3. The SMILES string of the molecule is CC(C)N1C(=O)[C@@](O)(CC(=O)c2ccc3c(c2)CCCC3)c2ccccc21. The normalized spacial score (nSPS) is 21.3. The Morgan fingerprint density at radius 3 is 2.56 bits per heavy atom. The molecule has 0 bridgehead atoms. The second kappa shape index (κ2) is 6.61. The Labute approximate surface area is 159 Å². The van der Waals surface area contributed by atoms with Crippen LogP contribution in [0.4, 0.5) is 5.69 Å². The first-order valence-electron chi connectivity index (χ1n) is 9.72. The number of carbonyl (C=O) groups excluding carboxylic acids is 2. The van der Waals surface area contributed by atoms with E-state index in [9.17, 15) is 14.7 Å². The van der Waals surface area contributed by atoms with E-state index in [0.717, 1.165) is 19.3 Å². The van der Waals surface area contributed by atoms with Crippen molar-refractivity contribution in [3.05, 3.63) is 64.7 Å². The van der Waals surface area contributed by atoms with E-state index in [2.05, 4.69) is 0 Å². The van der Waals surface area contributed by atoms with Crippen LogP contribution in [0, 0.1) is 0 Å². The minimum absolute atomic E-state index is 0.0912. The molecular weight excluding hydrogens is 338 g/mol. The van der Waals surface area contributed by atoms with E-state index in [1.54, 1.807) is 17.0 Å². The Balaban J connectivity index is 1.67. The zero-order valence-corrected chi connectivity index (χ0v) is 15.9. The maximum Gasteiger partial charge on any atom is 0.264 e. The van der Waals surface area contributed by atoms with Crippen molar-refractivity contribution >= 4 is 17.4 Å². The van der Waals surface area contributed by atoms with Gasteiger partial charge in [-0.3, -0.25) is 9.59 Å². The van der Waals surface area contributed by atoms with Gasteiger partial charge in [0, 0.05) is 17.2 Å². The van der Waals surface area contributed by atoms with E-state index in [4.69, 9.17) is 0 Å². The van der Waals surface area contributed by atoms with Crippen LogP contribution in [0.5, 0.6) is 0 Å². The van der Waals surface area contributed by atoms with Gasteiger partial charge in [-0.2, -0.15) is 0 Å².